The molecule has 1 atom stereocenters. The van der Waals surface area contributed by atoms with Gasteiger partial charge < -0.3 is 5.32 Å². The molecule has 0 aliphatic heterocycles. The summed E-state index contributed by atoms with van der Waals surface area (Å²) >= 11 is 5.82. The second kappa shape index (κ2) is 9.16. The minimum Gasteiger partial charge on any atom is -0.349 e. The second-order valence-electron chi connectivity index (χ2n) is 6.04. The summed E-state index contributed by atoms with van der Waals surface area (Å²) in [6.07, 6.45) is 0.811. The van der Waals surface area contributed by atoms with Crippen molar-refractivity contribution in [2.75, 3.05) is 6.54 Å². The summed E-state index contributed by atoms with van der Waals surface area (Å²) in [7, 11) is -3.68. The lowest BCUT2D eigenvalue weighted by atomic mass is 10.0. The first-order valence-corrected chi connectivity index (χ1v) is 10.3. The third kappa shape index (κ3) is 5.83. The molecule has 2 rings (SSSR count). The van der Waals surface area contributed by atoms with Crippen LogP contribution in [-0.4, -0.2) is 20.9 Å². The molecule has 5 nitrogen and oxygen atoms in total. The molecule has 1 unspecified atom stereocenters. The van der Waals surface area contributed by atoms with Gasteiger partial charge in [-0.1, -0.05) is 54.4 Å². The van der Waals surface area contributed by atoms with Crippen molar-refractivity contribution >= 4 is 27.5 Å². The molecule has 0 spiro atoms. The fraction of sp³-hybridized carbons (Fsp3) is 0.316. The van der Waals surface area contributed by atoms with Gasteiger partial charge in [-0.05, 0) is 37.1 Å². The maximum atomic E-state index is 12.2. The molecule has 2 N–H and O–H groups in total. The number of amides is 1. The summed E-state index contributed by atoms with van der Waals surface area (Å²) in [4.78, 5) is 12.2. The van der Waals surface area contributed by atoms with E-state index in [2.05, 4.69) is 10.0 Å². The van der Waals surface area contributed by atoms with Gasteiger partial charge in [0.2, 0.25) is 15.9 Å². The Labute approximate surface area is 159 Å². The lowest BCUT2D eigenvalue weighted by molar-refractivity contribution is -0.121. The van der Waals surface area contributed by atoms with Crippen LogP contribution in [0.4, 0.5) is 0 Å². The van der Waals surface area contributed by atoms with Gasteiger partial charge in [-0.3, -0.25) is 4.79 Å². The molecule has 26 heavy (non-hydrogen) atoms. The molecule has 1 amide bonds. The van der Waals surface area contributed by atoms with Crippen molar-refractivity contribution in [2.45, 2.75) is 37.6 Å². The maximum absolute atomic E-state index is 12.2. The van der Waals surface area contributed by atoms with E-state index in [1.165, 1.54) is 12.1 Å². The van der Waals surface area contributed by atoms with Gasteiger partial charge in [-0.25, -0.2) is 13.1 Å². The van der Waals surface area contributed by atoms with Crippen LogP contribution in [0.15, 0.2) is 53.4 Å². The highest BCUT2D eigenvalue weighted by atomic mass is 35.5. The smallest absolute Gasteiger partial charge is 0.240 e. The zero-order valence-corrected chi connectivity index (χ0v) is 16.4. The van der Waals surface area contributed by atoms with Gasteiger partial charge in [-0.15, -0.1) is 0 Å². The van der Waals surface area contributed by atoms with E-state index in [-0.39, 0.29) is 29.8 Å². The lowest BCUT2D eigenvalue weighted by Crippen LogP contribution is -2.32. The highest BCUT2D eigenvalue weighted by molar-refractivity contribution is 7.89. The molecule has 0 heterocycles. The molecule has 0 aliphatic rings. The number of carbonyl (C=O) groups is 1. The number of hydrogen-bond acceptors (Lipinski definition) is 3. The predicted molar refractivity (Wildman–Crippen MR) is 104 cm³/mol. The standard InChI is InChI=1S/C19H23ClN2O3S/c1-3-18(15-9-7-14(2)8-10-15)22-19(23)11-12-21-26(24,25)17-6-4-5-16(20)13-17/h4-10,13,18,21H,3,11-12H2,1-2H3,(H,22,23). The molecule has 2 aromatic rings. The topological polar surface area (TPSA) is 75.3 Å². The van der Waals surface area contributed by atoms with Gasteiger partial charge in [0.25, 0.3) is 0 Å². The van der Waals surface area contributed by atoms with E-state index < -0.39 is 10.0 Å². The van der Waals surface area contributed by atoms with Crippen molar-refractivity contribution in [3.05, 3.63) is 64.7 Å². The van der Waals surface area contributed by atoms with Crippen LogP contribution >= 0.6 is 11.6 Å². The minimum atomic E-state index is -3.68. The molecule has 140 valence electrons. The Kier molecular flexibility index (Phi) is 7.20. The van der Waals surface area contributed by atoms with E-state index in [0.717, 1.165) is 17.5 Å². The summed E-state index contributed by atoms with van der Waals surface area (Å²) in [5, 5.41) is 3.28. The Morgan fingerprint density at radius 1 is 1.15 bits per heavy atom. The minimum absolute atomic E-state index is 0.0189. The Morgan fingerprint density at radius 2 is 1.85 bits per heavy atom. The van der Waals surface area contributed by atoms with Crippen molar-refractivity contribution in [2.24, 2.45) is 0 Å². The Morgan fingerprint density at radius 3 is 2.46 bits per heavy atom. The molecule has 0 aromatic heterocycles. The summed E-state index contributed by atoms with van der Waals surface area (Å²) in [6, 6.07) is 13.9. The fourth-order valence-electron chi connectivity index (χ4n) is 2.50. The fourth-order valence-corrected chi connectivity index (χ4v) is 3.84. The first-order chi connectivity index (χ1) is 12.3. The number of sulfonamides is 1. The molecule has 0 radical (unpaired) electrons. The molecular weight excluding hydrogens is 372 g/mol. The molecule has 0 saturated heterocycles. The highest BCUT2D eigenvalue weighted by Crippen LogP contribution is 2.17. The van der Waals surface area contributed by atoms with Crippen LogP contribution < -0.4 is 10.0 Å². The summed E-state index contributed by atoms with van der Waals surface area (Å²) in [5.41, 5.74) is 2.19. The SMILES string of the molecule is CCC(NC(=O)CCNS(=O)(=O)c1cccc(Cl)c1)c1ccc(C)cc1. The Balaban J connectivity index is 1.88. The zero-order valence-electron chi connectivity index (χ0n) is 14.8. The second-order valence-corrected chi connectivity index (χ2v) is 8.25. The number of aryl methyl sites for hydroxylation is 1. The highest BCUT2D eigenvalue weighted by Gasteiger charge is 2.16. The van der Waals surface area contributed by atoms with Crippen LogP contribution in [0.2, 0.25) is 5.02 Å². The van der Waals surface area contributed by atoms with Crippen LogP contribution in [0, 0.1) is 6.92 Å². The number of nitrogens with one attached hydrogen (secondary N) is 2. The molecular formula is C19H23ClN2O3S. The zero-order chi connectivity index (χ0) is 19.2. The van der Waals surface area contributed by atoms with E-state index in [9.17, 15) is 13.2 Å². The van der Waals surface area contributed by atoms with E-state index in [4.69, 9.17) is 11.6 Å². The lowest BCUT2D eigenvalue weighted by Gasteiger charge is -2.18. The third-order valence-corrected chi connectivity index (χ3v) is 5.67. The van der Waals surface area contributed by atoms with Gasteiger partial charge in [0.15, 0.2) is 0 Å². The first kappa shape index (κ1) is 20.4. The molecule has 2 aromatic carbocycles. The van der Waals surface area contributed by atoms with Gasteiger partial charge >= 0.3 is 0 Å². The monoisotopic (exact) mass is 394 g/mol. The normalized spacial score (nSPS) is 12.6. The van der Waals surface area contributed by atoms with Crippen molar-refractivity contribution in [3.8, 4) is 0 Å². The van der Waals surface area contributed by atoms with E-state index in [1.54, 1.807) is 12.1 Å². The summed E-state index contributed by atoms with van der Waals surface area (Å²) in [6.45, 7) is 4.02. The van der Waals surface area contributed by atoms with Crippen molar-refractivity contribution < 1.29 is 13.2 Å². The van der Waals surface area contributed by atoms with Gasteiger partial charge in [0, 0.05) is 18.0 Å². The molecule has 0 bridgehead atoms. The number of halogens is 1. The van der Waals surface area contributed by atoms with Crippen LogP contribution in [0.3, 0.4) is 0 Å². The summed E-state index contributed by atoms with van der Waals surface area (Å²) in [5.74, 6) is -0.203. The maximum Gasteiger partial charge on any atom is 0.240 e. The van der Waals surface area contributed by atoms with E-state index in [0.29, 0.717) is 5.02 Å². The largest absolute Gasteiger partial charge is 0.349 e. The van der Waals surface area contributed by atoms with Gasteiger partial charge in [-0.2, -0.15) is 0 Å². The predicted octanol–water partition coefficient (Wildman–Crippen LogP) is 3.58. The van der Waals surface area contributed by atoms with E-state index >= 15 is 0 Å². The van der Waals surface area contributed by atoms with Crippen LogP contribution in [0.5, 0.6) is 0 Å². The van der Waals surface area contributed by atoms with Crippen LogP contribution in [-0.2, 0) is 14.8 Å². The molecule has 0 aliphatic carbocycles. The number of rotatable bonds is 8. The Bertz CT molecular complexity index is 851. The quantitative estimate of drug-likeness (QED) is 0.718. The van der Waals surface area contributed by atoms with Crippen molar-refractivity contribution in [1.29, 1.82) is 0 Å². The summed E-state index contributed by atoms with van der Waals surface area (Å²) < 4.78 is 26.8. The van der Waals surface area contributed by atoms with Crippen molar-refractivity contribution in [3.63, 3.8) is 0 Å². The van der Waals surface area contributed by atoms with Crippen LogP contribution in [0.1, 0.15) is 36.9 Å². The Hall–Kier alpha value is -1.89. The van der Waals surface area contributed by atoms with Gasteiger partial charge in [0.05, 0.1) is 10.9 Å². The number of hydrogen-bond donors (Lipinski definition) is 2. The average Bonchev–Trinajstić information content (AvgIpc) is 2.60. The third-order valence-electron chi connectivity index (χ3n) is 3.97. The van der Waals surface area contributed by atoms with Gasteiger partial charge in [0.1, 0.15) is 0 Å². The molecule has 0 fully saturated rings. The van der Waals surface area contributed by atoms with Crippen molar-refractivity contribution in [1.82, 2.24) is 10.0 Å². The molecule has 7 heteroatoms. The first-order valence-electron chi connectivity index (χ1n) is 8.43. The average molecular weight is 395 g/mol. The number of benzene rings is 2. The van der Waals surface area contributed by atoms with Crippen LogP contribution in [0.25, 0.3) is 0 Å². The van der Waals surface area contributed by atoms with E-state index in [1.807, 2.05) is 38.1 Å². The number of carbonyl (C=O) groups excluding carboxylic acids is 1. The molecule has 0 saturated carbocycles.